The second-order valence-electron chi connectivity index (χ2n) is 8.61. The van der Waals surface area contributed by atoms with Gasteiger partial charge in [-0.1, -0.05) is 12.8 Å². The summed E-state index contributed by atoms with van der Waals surface area (Å²) in [6.45, 7) is -0.424. The fourth-order valence-corrected chi connectivity index (χ4v) is 6.51. The Labute approximate surface area is 196 Å². The van der Waals surface area contributed by atoms with E-state index in [1.807, 2.05) is 0 Å². The summed E-state index contributed by atoms with van der Waals surface area (Å²) in [4.78, 5) is 26.8. The average molecular weight is 485 g/mol. The molecule has 12 heteroatoms. The molecule has 5 rings (SSSR count). The molecule has 3 heterocycles. The fourth-order valence-electron chi connectivity index (χ4n) is 4.89. The van der Waals surface area contributed by atoms with Crippen LogP contribution >= 0.6 is 10.8 Å². The minimum atomic E-state index is -3.37. The Morgan fingerprint density at radius 3 is 2.85 bits per heavy atom. The van der Waals surface area contributed by atoms with Crippen LogP contribution in [0.1, 0.15) is 37.3 Å². The van der Waals surface area contributed by atoms with Crippen LogP contribution in [0.5, 0.6) is 0 Å². The van der Waals surface area contributed by atoms with Gasteiger partial charge >= 0.3 is 5.97 Å². The molecule has 2 atom stereocenters. The second-order valence-corrected chi connectivity index (χ2v) is 10.6. The molecule has 0 saturated heterocycles. The van der Waals surface area contributed by atoms with Crippen molar-refractivity contribution < 1.29 is 19.0 Å². The molecule has 1 saturated carbocycles. The summed E-state index contributed by atoms with van der Waals surface area (Å²) < 4.78 is 23.9. The minimum Gasteiger partial charge on any atom is -0.480 e. The van der Waals surface area contributed by atoms with E-state index in [4.69, 9.17) is 10.2 Å². The van der Waals surface area contributed by atoms with Crippen LogP contribution < -0.4 is 10.9 Å². The van der Waals surface area contributed by atoms with E-state index >= 15 is 0 Å². The first kappa shape index (κ1) is 22.4. The molecule has 34 heavy (non-hydrogen) atoms. The van der Waals surface area contributed by atoms with Crippen molar-refractivity contribution in [2.45, 2.75) is 43.2 Å². The number of carboxylic acid groups (broad SMARTS) is 1. The lowest BCUT2D eigenvalue weighted by Gasteiger charge is -2.36. The van der Waals surface area contributed by atoms with Crippen LogP contribution in [-0.2, 0) is 11.3 Å². The first-order valence-electron chi connectivity index (χ1n) is 10.9. The van der Waals surface area contributed by atoms with E-state index in [-0.39, 0.29) is 29.0 Å². The van der Waals surface area contributed by atoms with Gasteiger partial charge in [0, 0.05) is 18.4 Å². The van der Waals surface area contributed by atoms with Crippen molar-refractivity contribution in [3.05, 3.63) is 46.4 Å². The fraction of sp³-hybridized carbons (Fsp3) is 0.364. The number of anilines is 2. The lowest BCUT2D eigenvalue weighted by atomic mass is 9.85. The molecule has 1 aromatic carbocycles. The molecule has 5 N–H and O–H groups in total. The van der Waals surface area contributed by atoms with Gasteiger partial charge in [0.25, 0.3) is 5.56 Å². The number of aromatic nitrogens is 3. The number of fused-ring (bicyclic) bond motifs is 2. The molecule has 0 bridgehead atoms. The zero-order valence-electron chi connectivity index (χ0n) is 18.1. The molecular formula is C22H24N6O5S. The van der Waals surface area contributed by atoms with Crippen molar-refractivity contribution in [3.63, 3.8) is 0 Å². The monoisotopic (exact) mass is 484 g/mol. The quantitative estimate of drug-likeness (QED) is 0.363. The summed E-state index contributed by atoms with van der Waals surface area (Å²) in [5, 5.41) is 27.0. The number of carbonyl (C=O) groups is 1. The molecule has 1 fully saturated rings. The van der Waals surface area contributed by atoms with Gasteiger partial charge in [-0.05, 0) is 42.7 Å². The number of aliphatic carboxylic acids is 1. The van der Waals surface area contributed by atoms with Gasteiger partial charge in [0.1, 0.15) is 11.9 Å². The third-order valence-electron chi connectivity index (χ3n) is 6.48. The molecule has 1 aliphatic heterocycles. The summed E-state index contributed by atoms with van der Waals surface area (Å²) in [6, 6.07) is 8.92. The molecule has 178 valence electrons. The number of rotatable bonds is 5. The van der Waals surface area contributed by atoms with E-state index in [1.54, 1.807) is 35.1 Å². The Hall–Kier alpha value is -3.37. The summed E-state index contributed by atoms with van der Waals surface area (Å²) in [5.41, 5.74) is 1.49. The van der Waals surface area contributed by atoms with Gasteiger partial charge in [-0.15, -0.1) is 10.8 Å². The molecule has 0 amide bonds. The van der Waals surface area contributed by atoms with Crippen molar-refractivity contribution >= 4 is 39.2 Å². The Morgan fingerprint density at radius 2 is 2.09 bits per heavy atom. The number of hydrogen-bond donors (Lipinski definition) is 5. The Bertz CT molecular complexity index is 1380. The van der Waals surface area contributed by atoms with Gasteiger partial charge in [0.2, 0.25) is 0 Å². The van der Waals surface area contributed by atoms with E-state index < -0.39 is 23.3 Å². The molecule has 0 unspecified atom stereocenters. The average Bonchev–Trinajstić information content (AvgIpc) is 3.28. The second kappa shape index (κ2) is 8.44. The third kappa shape index (κ3) is 3.72. The number of H-pyrrole nitrogens is 1. The number of hydrogen-bond acceptors (Lipinski definition) is 8. The maximum Gasteiger partial charge on any atom is 0.319 e. The van der Waals surface area contributed by atoms with Gasteiger partial charge in [0.15, 0.2) is 5.82 Å². The standard InChI is InChI=1S/C22H24N6O5S/c23-10-13-3-1-2-4-16(13)28-17-7-8-24-22(31)20(17)21(26-28)25-15-5-6-18-14(9-15)11-27(12-19(29)30)34(18,32)33/h5-9,13,16,32-33H,1-4,11-12H2,(H,24,31)(H,25,26)(H,29,30)/t13-,16+/m1/s1. The molecule has 0 spiro atoms. The first-order valence-corrected chi connectivity index (χ1v) is 12.4. The Balaban J connectivity index is 1.52. The van der Waals surface area contributed by atoms with Crippen LogP contribution in [0.3, 0.4) is 0 Å². The number of nitrogens with one attached hydrogen (secondary N) is 2. The smallest absolute Gasteiger partial charge is 0.319 e. The number of nitrogens with zero attached hydrogens (tertiary/aromatic N) is 4. The number of aromatic amines is 1. The number of benzene rings is 1. The molecular weight excluding hydrogens is 460 g/mol. The lowest BCUT2D eigenvalue weighted by molar-refractivity contribution is -0.137. The minimum absolute atomic E-state index is 0.0706. The van der Waals surface area contributed by atoms with E-state index in [0.717, 1.165) is 30.0 Å². The maximum absolute atomic E-state index is 12.7. The summed E-state index contributed by atoms with van der Waals surface area (Å²) in [6.07, 6.45) is 5.14. The zero-order chi connectivity index (χ0) is 24.0. The highest BCUT2D eigenvalue weighted by Gasteiger charge is 2.36. The highest BCUT2D eigenvalue weighted by Crippen LogP contribution is 2.58. The van der Waals surface area contributed by atoms with Crippen molar-refractivity contribution in [2.75, 3.05) is 11.9 Å². The normalized spacial score (nSPS) is 22.7. The summed E-state index contributed by atoms with van der Waals surface area (Å²) >= 11 is 0. The predicted octanol–water partition coefficient (Wildman–Crippen LogP) is 3.65. The van der Waals surface area contributed by atoms with Crippen molar-refractivity contribution in [1.29, 1.82) is 5.26 Å². The SMILES string of the molecule is N#C[C@H]1CCCC[C@@H]1n1nc(Nc2ccc3c(c2)CN(CC(=O)O)S3(O)O)c2c(=O)[nH]ccc21. The Morgan fingerprint density at radius 1 is 1.29 bits per heavy atom. The van der Waals surface area contributed by atoms with E-state index in [0.29, 0.717) is 28.0 Å². The zero-order valence-corrected chi connectivity index (χ0v) is 19.0. The lowest BCUT2D eigenvalue weighted by Crippen LogP contribution is -2.27. The van der Waals surface area contributed by atoms with E-state index in [1.165, 1.54) is 0 Å². The molecule has 1 aliphatic carbocycles. The summed E-state index contributed by atoms with van der Waals surface area (Å²) in [7, 11) is -3.37. The number of pyridine rings is 1. The van der Waals surface area contributed by atoms with Gasteiger partial charge in [0.05, 0.1) is 28.4 Å². The highest BCUT2D eigenvalue weighted by atomic mass is 32.3. The van der Waals surface area contributed by atoms with Crippen molar-refractivity contribution in [2.24, 2.45) is 5.92 Å². The largest absolute Gasteiger partial charge is 0.480 e. The van der Waals surface area contributed by atoms with E-state index in [9.17, 15) is 24.0 Å². The molecule has 11 nitrogen and oxygen atoms in total. The van der Waals surface area contributed by atoms with Crippen LogP contribution in [0, 0.1) is 17.2 Å². The van der Waals surface area contributed by atoms with Gasteiger partial charge in [-0.2, -0.15) is 14.7 Å². The van der Waals surface area contributed by atoms with Crippen LogP contribution in [0.15, 0.2) is 40.2 Å². The van der Waals surface area contributed by atoms with Crippen molar-refractivity contribution in [1.82, 2.24) is 19.1 Å². The maximum atomic E-state index is 12.7. The first-order chi connectivity index (χ1) is 16.3. The van der Waals surface area contributed by atoms with Crippen LogP contribution in [0.4, 0.5) is 11.5 Å². The van der Waals surface area contributed by atoms with E-state index in [2.05, 4.69) is 16.4 Å². The highest BCUT2D eigenvalue weighted by molar-refractivity contribution is 8.22. The molecule has 3 aromatic rings. The molecule has 2 aromatic heterocycles. The topological polar surface area (TPSA) is 168 Å². The molecule has 0 radical (unpaired) electrons. The summed E-state index contributed by atoms with van der Waals surface area (Å²) in [5.74, 6) is -0.999. The van der Waals surface area contributed by atoms with Crippen LogP contribution in [0.25, 0.3) is 10.9 Å². The van der Waals surface area contributed by atoms with Crippen LogP contribution in [0.2, 0.25) is 0 Å². The number of nitriles is 1. The Kier molecular flexibility index (Phi) is 5.57. The third-order valence-corrected chi connectivity index (χ3v) is 8.44. The van der Waals surface area contributed by atoms with Gasteiger partial charge < -0.3 is 15.4 Å². The van der Waals surface area contributed by atoms with Gasteiger partial charge in [-0.25, -0.2) is 0 Å². The van der Waals surface area contributed by atoms with Gasteiger partial charge in [-0.3, -0.25) is 23.4 Å². The van der Waals surface area contributed by atoms with Crippen LogP contribution in [-0.4, -0.2) is 45.8 Å². The predicted molar refractivity (Wildman–Crippen MR) is 126 cm³/mol. The number of carboxylic acids is 1. The molecule has 2 aliphatic rings. The van der Waals surface area contributed by atoms with Crippen molar-refractivity contribution in [3.8, 4) is 6.07 Å².